The van der Waals surface area contributed by atoms with Gasteiger partial charge in [0.2, 0.25) is 0 Å². The van der Waals surface area contributed by atoms with Gasteiger partial charge in [-0.3, -0.25) is 0 Å². The van der Waals surface area contributed by atoms with Gasteiger partial charge in [0.25, 0.3) is 0 Å². The van der Waals surface area contributed by atoms with E-state index < -0.39 is 38.3 Å². The Morgan fingerprint density at radius 2 is 1.84 bits per heavy atom. The van der Waals surface area contributed by atoms with Crippen LogP contribution in [0.2, 0.25) is 18.1 Å². The van der Waals surface area contributed by atoms with Crippen LogP contribution in [0, 0.1) is 0 Å². The van der Waals surface area contributed by atoms with E-state index in [9.17, 15) is 23.1 Å². The van der Waals surface area contributed by atoms with Crippen LogP contribution in [0.15, 0.2) is 35.8 Å². The summed E-state index contributed by atoms with van der Waals surface area (Å²) in [5, 5.41) is 14.5. The van der Waals surface area contributed by atoms with E-state index in [0.717, 1.165) is 17.1 Å². The number of hydrogen-bond donors (Lipinski definition) is 2. The maximum absolute atomic E-state index is 13.0. The molecule has 31 heavy (non-hydrogen) atoms. The van der Waals surface area contributed by atoms with Crippen LogP contribution in [-0.4, -0.2) is 30.5 Å². The molecule has 5 nitrogen and oxygen atoms in total. The minimum atomic E-state index is -4.45. The molecule has 0 aliphatic rings. The minimum absolute atomic E-state index is 0.166. The topological polar surface area (TPSA) is 71.5 Å². The fourth-order valence-electron chi connectivity index (χ4n) is 2.85. The van der Waals surface area contributed by atoms with E-state index in [1.165, 1.54) is 23.5 Å². The Morgan fingerprint density at radius 3 is 2.29 bits per heavy atom. The summed E-state index contributed by atoms with van der Waals surface area (Å²) in [4.78, 5) is 15.8. The summed E-state index contributed by atoms with van der Waals surface area (Å²) in [7, 11) is -2.38. The average Bonchev–Trinajstić information content (AvgIpc) is 3.15. The van der Waals surface area contributed by atoms with Crippen LogP contribution in [-0.2, 0) is 17.0 Å². The predicted octanol–water partition coefficient (Wildman–Crippen LogP) is 6.49. The molecule has 2 aromatic rings. The van der Waals surface area contributed by atoms with Gasteiger partial charge in [0.15, 0.2) is 8.32 Å². The molecule has 1 amide bonds. The Balaban J connectivity index is 2.42. The number of carboxylic acid groups (broad SMARTS) is 1. The fourth-order valence-corrected chi connectivity index (χ4v) is 4.78. The highest BCUT2D eigenvalue weighted by Gasteiger charge is 2.42. The zero-order valence-electron chi connectivity index (χ0n) is 18.3. The highest BCUT2D eigenvalue weighted by atomic mass is 32.1. The molecule has 0 radical (unpaired) electrons. The summed E-state index contributed by atoms with van der Waals surface area (Å²) >= 11 is 1.47. The maximum atomic E-state index is 13.0. The Bertz CT molecular complexity index is 850. The van der Waals surface area contributed by atoms with Gasteiger partial charge in [-0.1, -0.05) is 32.9 Å². The van der Waals surface area contributed by atoms with Gasteiger partial charge in [0, 0.05) is 18.0 Å². The third-order valence-corrected chi connectivity index (χ3v) is 10.9. The van der Waals surface area contributed by atoms with E-state index in [4.69, 9.17) is 4.43 Å². The lowest BCUT2D eigenvalue weighted by molar-refractivity contribution is -0.137. The quantitative estimate of drug-likeness (QED) is 0.429. The highest BCUT2D eigenvalue weighted by Crippen LogP contribution is 2.41. The van der Waals surface area contributed by atoms with Crippen molar-refractivity contribution in [3.63, 3.8) is 0 Å². The first-order valence-corrected chi connectivity index (χ1v) is 13.7. The zero-order valence-corrected chi connectivity index (χ0v) is 20.1. The van der Waals surface area contributed by atoms with Crippen molar-refractivity contribution >= 4 is 25.7 Å². The maximum Gasteiger partial charge on any atom is 0.416 e. The molecule has 0 spiro atoms. The molecule has 0 saturated carbocycles. The van der Waals surface area contributed by atoms with Crippen molar-refractivity contribution in [3.05, 3.63) is 52.0 Å². The van der Waals surface area contributed by atoms with Gasteiger partial charge in [-0.25, -0.2) is 9.78 Å². The van der Waals surface area contributed by atoms with Gasteiger partial charge >= 0.3 is 12.3 Å². The molecule has 0 fully saturated rings. The highest BCUT2D eigenvalue weighted by molar-refractivity contribution is 7.09. The number of hydrogen-bond acceptors (Lipinski definition) is 4. The molecule has 2 rings (SSSR count). The summed E-state index contributed by atoms with van der Waals surface area (Å²) in [6.45, 7) is 10.2. The molecule has 1 aromatic carbocycles. The molecule has 2 atom stereocenters. The summed E-state index contributed by atoms with van der Waals surface area (Å²) in [6.07, 6.45) is -3.77. The zero-order chi connectivity index (χ0) is 23.4. The van der Waals surface area contributed by atoms with E-state index in [2.05, 4.69) is 31.1 Å². The minimum Gasteiger partial charge on any atom is -0.465 e. The number of alkyl halides is 3. The second-order valence-electron chi connectivity index (χ2n) is 8.94. The van der Waals surface area contributed by atoms with E-state index in [-0.39, 0.29) is 5.04 Å². The third kappa shape index (κ3) is 7.05. The molecule has 1 aromatic heterocycles. The lowest BCUT2D eigenvalue weighted by Gasteiger charge is -2.41. The lowest BCUT2D eigenvalue weighted by atomic mass is 9.97. The molecule has 0 aliphatic heterocycles. The summed E-state index contributed by atoms with van der Waals surface area (Å²) in [6, 6.07) is 4.12. The largest absolute Gasteiger partial charge is 0.465 e. The number of rotatable bonds is 8. The number of carbonyl (C=O) groups is 1. The molecule has 0 saturated heterocycles. The van der Waals surface area contributed by atoms with Crippen molar-refractivity contribution in [3.8, 4) is 0 Å². The van der Waals surface area contributed by atoms with Gasteiger partial charge in [0.1, 0.15) is 0 Å². The van der Waals surface area contributed by atoms with Crippen LogP contribution in [0.5, 0.6) is 0 Å². The SMILES string of the molecule is CC(C)(C)[Si](C)(C)O[C@@H](c1ccc(C(F)(F)F)cc1)[C@@H](CCc1nccs1)NC(=O)O. The van der Waals surface area contributed by atoms with E-state index in [1.807, 2.05) is 18.5 Å². The normalized spacial score (nSPS) is 14.8. The van der Waals surface area contributed by atoms with Crippen molar-refractivity contribution in [2.24, 2.45) is 0 Å². The summed E-state index contributed by atoms with van der Waals surface area (Å²) in [5.41, 5.74) is -0.247. The van der Waals surface area contributed by atoms with Crippen molar-refractivity contribution in [1.29, 1.82) is 0 Å². The average molecular weight is 475 g/mol. The van der Waals surface area contributed by atoms with Crippen LogP contribution in [0.25, 0.3) is 0 Å². The number of halogens is 3. The Labute approximate surface area is 185 Å². The molecular formula is C21H29F3N2O3SSi. The van der Waals surface area contributed by atoms with Crippen LogP contribution in [0.3, 0.4) is 0 Å². The van der Waals surface area contributed by atoms with E-state index in [1.54, 1.807) is 6.20 Å². The second kappa shape index (κ2) is 9.70. The standard InChI is InChI=1S/C21H29F3N2O3SSi/c1-20(2,3)31(4,5)29-18(14-6-8-15(9-7-14)21(22,23)24)16(26-19(27)28)10-11-17-25-12-13-30-17/h6-9,12-13,16,18,26H,10-11H2,1-5H3,(H,27,28)/t16-,18+/m1/s1. The second-order valence-corrected chi connectivity index (χ2v) is 14.7. The molecule has 172 valence electrons. The van der Waals surface area contributed by atoms with Gasteiger partial charge < -0.3 is 14.8 Å². The van der Waals surface area contributed by atoms with E-state index in [0.29, 0.717) is 18.4 Å². The molecule has 10 heteroatoms. The van der Waals surface area contributed by atoms with Crippen LogP contribution >= 0.6 is 11.3 Å². The summed E-state index contributed by atoms with van der Waals surface area (Å²) in [5.74, 6) is 0. The van der Waals surface area contributed by atoms with Crippen LogP contribution < -0.4 is 5.32 Å². The number of nitrogens with one attached hydrogen (secondary N) is 1. The van der Waals surface area contributed by atoms with Crippen LogP contribution in [0.4, 0.5) is 18.0 Å². The van der Waals surface area contributed by atoms with Gasteiger partial charge in [-0.15, -0.1) is 11.3 Å². The lowest BCUT2D eigenvalue weighted by Crippen LogP contribution is -2.48. The number of aromatic nitrogens is 1. The number of amides is 1. The van der Waals surface area contributed by atoms with Crippen molar-refractivity contribution in [2.45, 2.75) is 70.1 Å². The number of benzene rings is 1. The number of aryl methyl sites for hydroxylation is 1. The van der Waals surface area contributed by atoms with Crippen molar-refractivity contribution in [1.82, 2.24) is 10.3 Å². The van der Waals surface area contributed by atoms with Gasteiger partial charge in [0.05, 0.1) is 22.7 Å². The Hall–Kier alpha value is -1.91. The molecule has 0 aliphatic carbocycles. The number of thiazole rings is 1. The predicted molar refractivity (Wildman–Crippen MR) is 118 cm³/mol. The first kappa shape index (κ1) is 25.3. The molecule has 1 heterocycles. The smallest absolute Gasteiger partial charge is 0.416 e. The Morgan fingerprint density at radius 1 is 1.23 bits per heavy atom. The van der Waals surface area contributed by atoms with Gasteiger partial charge in [-0.05, 0) is 42.2 Å². The van der Waals surface area contributed by atoms with Crippen molar-refractivity contribution < 1.29 is 27.5 Å². The fraction of sp³-hybridized carbons (Fsp3) is 0.524. The van der Waals surface area contributed by atoms with Crippen molar-refractivity contribution in [2.75, 3.05) is 0 Å². The molecule has 0 unspecified atom stereocenters. The molecular weight excluding hydrogens is 445 g/mol. The van der Waals surface area contributed by atoms with Gasteiger partial charge in [-0.2, -0.15) is 13.2 Å². The van der Waals surface area contributed by atoms with Crippen LogP contribution in [0.1, 0.15) is 49.4 Å². The van der Waals surface area contributed by atoms with E-state index >= 15 is 0 Å². The first-order valence-electron chi connectivity index (χ1n) is 9.93. The summed E-state index contributed by atoms with van der Waals surface area (Å²) < 4.78 is 45.7. The molecule has 0 bridgehead atoms. The number of nitrogens with zero attached hydrogens (tertiary/aromatic N) is 1. The first-order chi connectivity index (χ1) is 14.2. The molecule has 2 N–H and O–H groups in total. The third-order valence-electron chi connectivity index (χ3n) is 5.62. The Kier molecular flexibility index (Phi) is 7.93. The monoisotopic (exact) mass is 474 g/mol.